The number of carboxylic acids is 1. The van der Waals surface area contributed by atoms with Crippen LogP contribution in [0.3, 0.4) is 0 Å². The molecule has 1 aliphatic rings. The zero-order valence-corrected chi connectivity index (χ0v) is 30.2. The average Bonchev–Trinajstić information content (AvgIpc) is 2.94. The van der Waals surface area contributed by atoms with Crippen molar-refractivity contribution in [1.82, 2.24) is 5.06 Å². The summed E-state index contributed by atoms with van der Waals surface area (Å²) < 4.78 is 0. The lowest BCUT2D eigenvalue weighted by atomic mass is 9.69. The van der Waals surface area contributed by atoms with Gasteiger partial charge in [-0.25, -0.2) is 0 Å². The SMILES string of the molecule is CCCCCCCCCCCCCCCCCCCCC(C(=O)O)C1CC(C)(C)N(OCCCCCCCC)C(C)(C)C1. The highest BCUT2D eigenvalue weighted by molar-refractivity contribution is 5.70. The van der Waals surface area contributed by atoms with Gasteiger partial charge in [-0.1, -0.05) is 162 Å². The maximum absolute atomic E-state index is 12.4. The number of rotatable bonds is 29. The third-order valence-electron chi connectivity index (χ3n) is 10.1. The van der Waals surface area contributed by atoms with Crippen LogP contribution in [-0.4, -0.2) is 33.8 Å². The predicted molar refractivity (Wildman–Crippen MR) is 187 cm³/mol. The summed E-state index contributed by atoms with van der Waals surface area (Å²) in [4.78, 5) is 18.8. The van der Waals surface area contributed by atoms with Crippen LogP contribution in [0.15, 0.2) is 0 Å². The Bertz CT molecular complexity index is 643. The largest absolute Gasteiger partial charge is 0.481 e. The van der Waals surface area contributed by atoms with Crippen LogP contribution in [0.1, 0.15) is 215 Å². The third kappa shape index (κ3) is 18.8. The van der Waals surface area contributed by atoms with Gasteiger partial charge < -0.3 is 5.11 Å². The maximum atomic E-state index is 12.4. The van der Waals surface area contributed by atoms with Gasteiger partial charge in [0.15, 0.2) is 0 Å². The van der Waals surface area contributed by atoms with Crippen molar-refractivity contribution in [2.45, 2.75) is 226 Å². The molecular formula is C39H77NO3. The van der Waals surface area contributed by atoms with E-state index in [0.29, 0.717) is 0 Å². The molecule has 0 radical (unpaired) electrons. The minimum Gasteiger partial charge on any atom is -0.481 e. The Morgan fingerprint density at radius 3 is 1.28 bits per heavy atom. The van der Waals surface area contributed by atoms with Crippen LogP contribution in [0.4, 0.5) is 0 Å². The lowest BCUT2D eigenvalue weighted by Gasteiger charge is -2.54. The molecule has 1 unspecified atom stereocenters. The van der Waals surface area contributed by atoms with Crippen molar-refractivity contribution < 1.29 is 14.7 Å². The van der Waals surface area contributed by atoms with Gasteiger partial charge >= 0.3 is 5.97 Å². The molecule has 1 rings (SSSR count). The summed E-state index contributed by atoms with van der Waals surface area (Å²) in [5.74, 6) is -0.618. The van der Waals surface area contributed by atoms with Crippen LogP contribution in [0.2, 0.25) is 0 Å². The molecule has 4 nitrogen and oxygen atoms in total. The lowest BCUT2D eigenvalue weighted by Crippen LogP contribution is -2.61. The maximum Gasteiger partial charge on any atom is 0.306 e. The van der Waals surface area contributed by atoms with E-state index in [1.165, 1.54) is 141 Å². The Labute approximate surface area is 269 Å². The molecule has 1 aliphatic heterocycles. The first-order valence-corrected chi connectivity index (χ1v) is 19.3. The molecule has 43 heavy (non-hydrogen) atoms. The second kappa shape index (κ2) is 24.6. The number of hydroxylamine groups is 2. The fourth-order valence-electron chi connectivity index (χ4n) is 7.84. The standard InChI is InChI=1S/C39H77NO3/c1-7-9-11-13-15-16-17-18-19-20-21-22-23-24-25-26-27-29-31-36(37(41)42)35-33-38(3,4)40(39(5,6)34-35)43-32-30-28-14-12-10-8-2/h35-36H,7-34H2,1-6H3,(H,41,42). The van der Waals surface area contributed by atoms with Gasteiger partial charge in [0, 0.05) is 11.1 Å². The summed E-state index contributed by atoms with van der Waals surface area (Å²) >= 11 is 0. The van der Waals surface area contributed by atoms with Crippen molar-refractivity contribution in [3.8, 4) is 0 Å². The first-order chi connectivity index (χ1) is 20.7. The third-order valence-corrected chi connectivity index (χ3v) is 10.1. The highest BCUT2D eigenvalue weighted by Crippen LogP contribution is 2.45. The zero-order valence-electron chi connectivity index (χ0n) is 30.2. The summed E-state index contributed by atoms with van der Waals surface area (Å²) in [7, 11) is 0. The highest BCUT2D eigenvalue weighted by Gasteiger charge is 2.49. The second-order valence-electron chi connectivity index (χ2n) is 15.4. The Balaban J connectivity index is 2.19. The molecule has 4 heteroatoms. The van der Waals surface area contributed by atoms with E-state index in [0.717, 1.165) is 38.7 Å². The van der Waals surface area contributed by atoms with E-state index in [9.17, 15) is 9.90 Å². The Morgan fingerprint density at radius 2 is 0.930 bits per heavy atom. The Kier molecular flexibility index (Phi) is 23.1. The molecule has 1 fully saturated rings. The first kappa shape index (κ1) is 40.4. The van der Waals surface area contributed by atoms with Gasteiger partial charge in [-0.05, 0) is 59.3 Å². The number of piperidine rings is 1. The van der Waals surface area contributed by atoms with Gasteiger partial charge in [-0.3, -0.25) is 9.63 Å². The number of carboxylic acid groups (broad SMARTS) is 1. The number of carbonyl (C=O) groups is 1. The molecule has 1 atom stereocenters. The van der Waals surface area contributed by atoms with Crippen LogP contribution >= 0.6 is 0 Å². The van der Waals surface area contributed by atoms with E-state index in [1.807, 2.05) is 0 Å². The van der Waals surface area contributed by atoms with Crippen LogP contribution in [0.5, 0.6) is 0 Å². The predicted octanol–water partition coefficient (Wildman–Crippen LogP) is 12.7. The molecule has 0 bridgehead atoms. The molecule has 0 spiro atoms. The van der Waals surface area contributed by atoms with E-state index in [-0.39, 0.29) is 22.9 Å². The molecule has 1 heterocycles. The number of hydrogen-bond donors (Lipinski definition) is 1. The van der Waals surface area contributed by atoms with Crippen LogP contribution in [0.25, 0.3) is 0 Å². The van der Waals surface area contributed by atoms with E-state index in [4.69, 9.17) is 4.84 Å². The molecule has 0 amide bonds. The summed E-state index contributed by atoms with van der Waals surface area (Å²) in [5, 5.41) is 12.4. The van der Waals surface area contributed by atoms with Gasteiger partial charge in [0.25, 0.3) is 0 Å². The van der Waals surface area contributed by atoms with Crippen LogP contribution in [0, 0.1) is 11.8 Å². The van der Waals surface area contributed by atoms with Gasteiger partial charge in [0.1, 0.15) is 0 Å². The fraction of sp³-hybridized carbons (Fsp3) is 0.974. The molecule has 0 aromatic heterocycles. The topological polar surface area (TPSA) is 49.8 Å². The normalized spacial score (nSPS) is 17.8. The second-order valence-corrected chi connectivity index (χ2v) is 15.4. The minimum atomic E-state index is -0.593. The molecule has 0 aliphatic carbocycles. The molecule has 0 saturated carbocycles. The number of hydrogen-bond acceptors (Lipinski definition) is 3. The van der Waals surface area contributed by atoms with E-state index >= 15 is 0 Å². The molecular weight excluding hydrogens is 530 g/mol. The van der Waals surface area contributed by atoms with Crippen LogP contribution < -0.4 is 0 Å². The van der Waals surface area contributed by atoms with Gasteiger partial charge in [0.2, 0.25) is 0 Å². The van der Waals surface area contributed by atoms with E-state index in [1.54, 1.807) is 0 Å². The smallest absolute Gasteiger partial charge is 0.306 e. The molecule has 1 saturated heterocycles. The number of unbranched alkanes of at least 4 members (excludes halogenated alkanes) is 22. The van der Waals surface area contributed by atoms with Crippen LogP contribution in [-0.2, 0) is 9.63 Å². The molecule has 0 aromatic carbocycles. The highest BCUT2D eigenvalue weighted by atomic mass is 16.7. The summed E-state index contributed by atoms with van der Waals surface area (Å²) in [5.41, 5.74) is -0.313. The summed E-state index contributed by atoms with van der Waals surface area (Å²) in [6, 6.07) is 0. The molecule has 1 N–H and O–H groups in total. The van der Waals surface area contributed by atoms with Crippen molar-refractivity contribution >= 4 is 5.97 Å². The monoisotopic (exact) mass is 608 g/mol. The lowest BCUT2D eigenvalue weighted by molar-refractivity contribution is -0.290. The van der Waals surface area contributed by atoms with Crippen molar-refractivity contribution in [3.05, 3.63) is 0 Å². The van der Waals surface area contributed by atoms with E-state index < -0.39 is 5.97 Å². The first-order valence-electron chi connectivity index (χ1n) is 19.3. The number of aliphatic carboxylic acids is 1. The Morgan fingerprint density at radius 1 is 0.605 bits per heavy atom. The fourth-order valence-corrected chi connectivity index (χ4v) is 7.84. The van der Waals surface area contributed by atoms with E-state index in [2.05, 4.69) is 46.6 Å². The quantitative estimate of drug-likeness (QED) is 0.0859. The van der Waals surface area contributed by atoms with Gasteiger partial charge in [-0.2, -0.15) is 5.06 Å². The van der Waals surface area contributed by atoms with Crippen molar-refractivity contribution in [2.75, 3.05) is 6.61 Å². The number of nitrogens with zero attached hydrogens (tertiary/aromatic N) is 1. The summed E-state index contributed by atoms with van der Waals surface area (Å²) in [6.45, 7) is 14.3. The van der Waals surface area contributed by atoms with Crippen molar-refractivity contribution in [1.29, 1.82) is 0 Å². The Hall–Kier alpha value is -0.610. The van der Waals surface area contributed by atoms with Gasteiger partial charge in [0.05, 0.1) is 12.5 Å². The molecule has 256 valence electrons. The zero-order chi connectivity index (χ0) is 31.8. The molecule has 0 aromatic rings. The van der Waals surface area contributed by atoms with Gasteiger partial charge in [-0.15, -0.1) is 0 Å². The van der Waals surface area contributed by atoms with Crippen molar-refractivity contribution in [2.24, 2.45) is 11.8 Å². The minimum absolute atomic E-state index is 0.157. The summed E-state index contributed by atoms with van der Waals surface area (Å²) in [6.07, 6.45) is 34.8. The van der Waals surface area contributed by atoms with Crippen molar-refractivity contribution in [3.63, 3.8) is 0 Å². The average molecular weight is 608 g/mol.